The van der Waals surface area contributed by atoms with Crippen molar-refractivity contribution in [2.45, 2.75) is 39.8 Å². The number of benzene rings is 3. The summed E-state index contributed by atoms with van der Waals surface area (Å²) in [4.78, 5) is 63.7. The minimum atomic E-state index is -0.689. The lowest BCUT2D eigenvalue weighted by Gasteiger charge is -2.29. The third-order valence-corrected chi connectivity index (χ3v) is 5.88. The van der Waals surface area contributed by atoms with Crippen LogP contribution in [0.3, 0.4) is 0 Å². The number of nitrogens with one attached hydrogen (secondary N) is 2. The summed E-state index contributed by atoms with van der Waals surface area (Å²) >= 11 is 0. The first kappa shape index (κ1) is 26.3. The van der Waals surface area contributed by atoms with Gasteiger partial charge in [0.05, 0.1) is 11.1 Å². The molecule has 194 valence electrons. The first-order valence-corrected chi connectivity index (χ1v) is 11.9. The molecular weight excluding hydrogens is 486 g/mol. The van der Waals surface area contributed by atoms with Gasteiger partial charge in [-0.2, -0.15) is 0 Å². The Morgan fingerprint density at radius 3 is 2.21 bits per heavy atom. The van der Waals surface area contributed by atoms with Crippen molar-refractivity contribution in [2.24, 2.45) is 0 Å². The summed E-state index contributed by atoms with van der Waals surface area (Å²) in [5.74, 6) is -1.90. The number of carbonyl (C=O) groups excluding carboxylic acids is 5. The van der Waals surface area contributed by atoms with Gasteiger partial charge < -0.3 is 15.4 Å². The smallest absolute Gasteiger partial charge is 0.308 e. The topological polar surface area (TPSA) is 122 Å². The molecule has 4 rings (SSSR count). The van der Waals surface area contributed by atoms with Crippen LogP contribution in [-0.4, -0.2) is 40.0 Å². The van der Waals surface area contributed by atoms with Gasteiger partial charge in [-0.05, 0) is 68.8 Å². The zero-order valence-corrected chi connectivity index (χ0v) is 21.5. The zero-order valence-electron chi connectivity index (χ0n) is 21.5. The minimum absolute atomic E-state index is 0.0981. The van der Waals surface area contributed by atoms with Crippen LogP contribution in [0.2, 0.25) is 0 Å². The molecule has 9 nitrogen and oxygen atoms in total. The Balaban J connectivity index is 1.46. The Morgan fingerprint density at radius 2 is 1.50 bits per heavy atom. The largest absolute Gasteiger partial charge is 0.427 e. The van der Waals surface area contributed by atoms with Crippen molar-refractivity contribution in [2.75, 3.05) is 5.32 Å². The molecule has 4 amide bonds. The molecule has 9 heteroatoms. The van der Waals surface area contributed by atoms with Crippen LogP contribution in [-0.2, 0) is 11.3 Å². The first-order valence-electron chi connectivity index (χ1n) is 11.9. The van der Waals surface area contributed by atoms with Crippen molar-refractivity contribution < 1.29 is 28.7 Å². The summed E-state index contributed by atoms with van der Waals surface area (Å²) in [6, 6.07) is 17.7. The summed E-state index contributed by atoms with van der Waals surface area (Å²) in [5, 5.41) is 5.62. The van der Waals surface area contributed by atoms with E-state index in [9.17, 15) is 24.0 Å². The molecular formula is C29H27N3O6. The van der Waals surface area contributed by atoms with Crippen molar-refractivity contribution in [3.8, 4) is 5.75 Å². The quantitative estimate of drug-likeness (QED) is 0.290. The van der Waals surface area contributed by atoms with E-state index in [0.29, 0.717) is 16.8 Å². The van der Waals surface area contributed by atoms with E-state index in [0.717, 1.165) is 0 Å². The molecule has 0 bridgehead atoms. The van der Waals surface area contributed by atoms with Gasteiger partial charge in [-0.3, -0.25) is 28.9 Å². The average molecular weight is 514 g/mol. The molecule has 0 fully saturated rings. The zero-order chi connectivity index (χ0) is 27.6. The van der Waals surface area contributed by atoms with Gasteiger partial charge in [0, 0.05) is 35.8 Å². The number of para-hydroxylation sites is 1. The number of hydrogen-bond acceptors (Lipinski definition) is 6. The molecule has 0 spiro atoms. The van der Waals surface area contributed by atoms with Crippen LogP contribution in [0.25, 0.3) is 0 Å². The van der Waals surface area contributed by atoms with Crippen molar-refractivity contribution in [1.82, 2.24) is 10.2 Å². The first-order chi connectivity index (χ1) is 18.0. The Kier molecular flexibility index (Phi) is 7.12. The summed E-state index contributed by atoms with van der Waals surface area (Å²) in [6.07, 6.45) is 0. The number of ether oxygens (including phenoxy) is 1. The predicted molar refractivity (Wildman–Crippen MR) is 140 cm³/mol. The lowest BCUT2D eigenvalue weighted by atomic mass is 10.0. The Hall–Kier alpha value is -4.79. The normalized spacial score (nSPS) is 12.7. The number of carbonyl (C=O) groups is 5. The molecule has 0 radical (unpaired) electrons. The van der Waals surface area contributed by atoms with E-state index in [1.54, 1.807) is 63.2 Å². The second-order valence-electron chi connectivity index (χ2n) is 9.79. The molecule has 0 saturated carbocycles. The lowest BCUT2D eigenvalue weighted by Crippen LogP contribution is -2.45. The van der Waals surface area contributed by atoms with E-state index >= 15 is 0 Å². The number of hydrogen-bond donors (Lipinski definition) is 2. The Morgan fingerprint density at radius 1 is 0.816 bits per heavy atom. The van der Waals surface area contributed by atoms with Crippen LogP contribution < -0.4 is 15.4 Å². The maximum absolute atomic E-state index is 12.9. The molecule has 1 heterocycles. The second kappa shape index (κ2) is 10.3. The van der Waals surface area contributed by atoms with Gasteiger partial charge in [-0.25, -0.2) is 0 Å². The fourth-order valence-electron chi connectivity index (χ4n) is 4.13. The average Bonchev–Trinajstić information content (AvgIpc) is 3.12. The van der Waals surface area contributed by atoms with Gasteiger partial charge in [0.15, 0.2) is 0 Å². The van der Waals surface area contributed by atoms with E-state index in [1.807, 2.05) is 0 Å². The molecule has 3 aromatic rings. The summed E-state index contributed by atoms with van der Waals surface area (Å²) in [6.45, 7) is 6.69. The van der Waals surface area contributed by atoms with Crippen molar-refractivity contribution in [3.05, 3.63) is 94.5 Å². The highest BCUT2D eigenvalue weighted by Gasteiger charge is 2.42. The number of rotatable bonds is 6. The molecule has 2 N–H and O–H groups in total. The fraction of sp³-hybridized carbons (Fsp3) is 0.207. The van der Waals surface area contributed by atoms with E-state index in [-0.39, 0.29) is 34.9 Å². The number of fused-ring (bicyclic) bond motifs is 1. The third kappa shape index (κ3) is 5.46. The molecule has 38 heavy (non-hydrogen) atoms. The van der Waals surface area contributed by atoms with Gasteiger partial charge in [-0.1, -0.05) is 24.3 Å². The van der Waals surface area contributed by atoms with Gasteiger partial charge in [-0.15, -0.1) is 0 Å². The molecule has 0 atom stereocenters. The van der Waals surface area contributed by atoms with Gasteiger partial charge in [0.25, 0.3) is 23.6 Å². The molecule has 3 aromatic carbocycles. The number of imide groups is 1. The number of esters is 1. The number of anilines is 1. The van der Waals surface area contributed by atoms with Crippen LogP contribution in [0.4, 0.5) is 5.69 Å². The predicted octanol–water partition coefficient (Wildman–Crippen LogP) is 4.19. The standard InChI is InChI=1S/C29H27N3O6/c1-17(33)38-21-10-7-9-18(14-21)26(35)31-24-11-6-5-8-20(24)16-30-25(34)19-12-13-22-23(15-19)28(37)32(27(22)36)29(2,3)4/h5-15H,16H2,1-4H3,(H,30,34)(H,31,35). The summed E-state index contributed by atoms with van der Waals surface area (Å²) in [7, 11) is 0. The van der Waals surface area contributed by atoms with Crippen LogP contribution in [0, 0.1) is 0 Å². The molecule has 0 aliphatic carbocycles. The number of nitrogens with zero attached hydrogens (tertiary/aromatic N) is 1. The van der Waals surface area contributed by atoms with Crippen LogP contribution in [0.1, 0.15) is 74.7 Å². The van der Waals surface area contributed by atoms with Crippen molar-refractivity contribution >= 4 is 35.3 Å². The highest BCUT2D eigenvalue weighted by atomic mass is 16.5. The van der Waals surface area contributed by atoms with E-state index < -0.39 is 29.2 Å². The monoisotopic (exact) mass is 513 g/mol. The number of amides is 4. The second-order valence-corrected chi connectivity index (χ2v) is 9.79. The van der Waals surface area contributed by atoms with Gasteiger partial charge in [0.1, 0.15) is 5.75 Å². The summed E-state index contributed by atoms with van der Waals surface area (Å²) in [5.41, 5.74) is 1.45. The highest BCUT2D eigenvalue weighted by Crippen LogP contribution is 2.30. The highest BCUT2D eigenvalue weighted by molar-refractivity contribution is 6.22. The fourth-order valence-corrected chi connectivity index (χ4v) is 4.13. The van der Waals surface area contributed by atoms with Crippen molar-refractivity contribution in [3.63, 3.8) is 0 Å². The maximum Gasteiger partial charge on any atom is 0.308 e. The van der Waals surface area contributed by atoms with Gasteiger partial charge in [0.2, 0.25) is 0 Å². The molecule has 0 unspecified atom stereocenters. The van der Waals surface area contributed by atoms with Crippen LogP contribution >= 0.6 is 0 Å². The molecule has 0 aromatic heterocycles. The Bertz CT molecular complexity index is 1470. The van der Waals surface area contributed by atoms with E-state index in [1.165, 1.54) is 36.1 Å². The third-order valence-electron chi connectivity index (χ3n) is 5.88. The Labute approximate surface area is 219 Å². The van der Waals surface area contributed by atoms with Crippen LogP contribution in [0.5, 0.6) is 5.75 Å². The van der Waals surface area contributed by atoms with Crippen molar-refractivity contribution in [1.29, 1.82) is 0 Å². The molecule has 1 aliphatic heterocycles. The molecule has 0 saturated heterocycles. The van der Waals surface area contributed by atoms with E-state index in [2.05, 4.69) is 10.6 Å². The van der Waals surface area contributed by atoms with Crippen LogP contribution in [0.15, 0.2) is 66.7 Å². The van der Waals surface area contributed by atoms with E-state index in [4.69, 9.17) is 4.74 Å². The molecule has 1 aliphatic rings. The SMILES string of the molecule is CC(=O)Oc1cccc(C(=O)Nc2ccccc2CNC(=O)c2ccc3c(c2)C(=O)N(C(C)(C)C)C3=O)c1. The maximum atomic E-state index is 12.9. The summed E-state index contributed by atoms with van der Waals surface area (Å²) < 4.78 is 5.04. The van der Waals surface area contributed by atoms with Gasteiger partial charge >= 0.3 is 5.97 Å². The lowest BCUT2D eigenvalue weighted by molar-refractivity contribution is -0.131. The minimum Gasteiger partial charge on any atom is -0.427 e.